The normalized spacial score (nSPS) is 11.4. The van der Waals surface area contributed by atoms with Gasteiger partial charge in [-0.25, -0.2) is 0 Å². The summed E-state index contributed by atoms with van der Waals surface area (Å²) < 4.78 is 16.2. The average molecular weight is 319 g/mol. The molecule has 0 aliphatic rings. The van der Waals surface area contributed by atoms with Gasteiger partial charge in [-0.05, 0) is 6.42 Å². The highest BCUT2D eigenvalue weighted by Gasteiger charge is 2.36. The Morgan fingerprint density at radius 1 is 0.600 bits per heavy atom. The second-order valence-corrected chi connectivity index (χ2v) is 8.32. The molecule has 0 rings (SSSR count). The summed E-state index contributed by atoms with van der Waals surface area (Å²) in [6, 6.07) is 0.938. The van der Waals surface area contributed by atoms with Gasteiger partial charge in [0.1, 0.15) is 0 Å². The Kier molecular flexibility index (Phi) is 17.7. The third-order valence-corrected chi connectivity index (χ3v) is 6.60. The van der Waals surface area contributed by atoms with E-state index in [0.717, 1.165) is 12.5 Å². The van der Waals surface area contributed by atoms with Gasteiger partial charge in [0.25, 0.3) is 0 Å². The van der Waals surface area contributed by atoms with Crippen molar-refractivity contribution >= 4 is 19.8 Å². The largest absolute Gasteiger partial charge is 0.500 e. The molecule has 0 bridgehead atoms. The van der Waals surface area contributed by atoms with Crippen LogP contribution >= 0.6 is 0 Å². The van der Waals surface area contributed by atoms with Gasteiger partial charge in [0, 0.05) is 38.3 Å². The maximum absolute atomic E-state index is 5.41. The third kappa shape index (κ3) is 11.0. The monoisotopic (exact) mass is 318 g/mol. The Bertz CT molecular complexity index is 180. The van der Waals surface area contributed by atoms with Crippen molar-refractivity contribution in [1.82, 2.24) is 0 Å². The molecule has 0 N–H and O–H groups in total. The summed E-state index contributed by atoms with van der Waals surface area (Å²) in [5.74, 6) is 0. The molecule has 0 aromatic heterocycles. The van der Waals surface area contributed by atoms with Gasteiger partial charge in [-0.2, -0.15) is 0 Å². The van der Waals surface area contributed by atoms with Gasteiger partial charge in [-0.15, -0.1) is 0 Å². The summed E-state index contributed by atoms with van der Waals surface area (Å²) in [5.41, 5.74) is 0. The molecule has 120 valence electrons. The van der Waals surface area contributed by atoms with Gasteiger partial charge >= 0.3 is 8.80 Å². The minimum Gasteiger partial charge on any atom is -0.377 e. The Balaban J connectivity index is 0. The first-order chi connectivity index (χ1) is 9.24. The summed E-state index contributed by atoms with van der Waals surface area (Å²) in [4.78, 5) is 0. The molecule has 0 aromatic rings. The van der Waals surface area contributed by atoms with E-state index in [4.69, 9.17) is 13.3 Å². The van der Waals surface area contributed by atoms with Crippen LogP contribution in [0.5, 0.6) is 0 Å². The van der Waals surface area contributed by atoms with Gasteiger partial charge in [-0.1, -0.05) is 64.7 Å². The fourth-order valence-corrected chi connectivity index (χ4v) is 4.18. The van der Waals surface area contributed by atoms with Crippen molar-refractivity contribution in [2.45, 2.75) is 77.2 Å². The zero-order valence-corrected chi connectivity index (χ0v) is 16.0. The van der Waals surface area contributed by atoms with E-state index in [9.17, 15) is 0 Å². The quantitative estimate of drug-likeness (QED) is 0.351. The molecule has 0 spiro atoms. The SMILES string of the molecule is CCCCCCCCCCCC[Si](OC)(OC)OC.[Si]. The van der Waals surface area contributed by atoms with Crippen molar-refractivity contribution in [2.75, 3.05) is 21.3 Å². The number of unbranched alkanes of at least 4 members (excludes halogenated alkanes) is 9. The summed E-state index contributed by atoms with van der Waals surface area (Å²) in [7, 11) is 2.76. The van der Waals surface area contributed by atoms with Crippen LogP contribution in [0.4, 0.5) is 0 Å². The Morgan fingerprint density at radius 3 is 1.30 bits per heavy atom. The molecule has 0 saturated heterocycles. The standard InChI is InChI=1S/C15H34O3Si.Si/c1-5-6-7-8-9-10-11-12-13-14-15-19(16-2,17-3)18-4;/h5-15H2,1-4H3;. The second-order valence-electron chi connectivity index (χ2n) is 5.23. The molecular formula is C15H34O3Si2. The number of rotatable bonds is 14. The van der Waals surface area contributed by atoms with Crippen LogP contribution in [0.2, 0.25) is 6.04 Å². The molecule has 0 unspecified atom stereocenters. The minimum atomic E-state index is -2.31. The first-order valence-corrected chi connectivity index (χ1v) is 9.83. The van der Waals surface area contributed by atoms with Crippen LogP contribution in [0.15, 0.2) is 0 Å². The fraction of sp³-hybridized carbons (Fsp3) is 1.00. The number of hydrogen-bond acceptors (Lipinski definition) is 3. The molecule has 0 atom stereocenters. The van der Waals surface area contributed by atoms with Crippen LogP contribution in [0.3, 0.4) is 0 Å². The molecule has 0 aromatic carbocycles. The van der Waals surface area contributed by atoms with E-state index < -0.39 is 8.80 Å². The Labute approximate surface area is 132 Å². The molecule has 20 heavy (non-hydrogen) atoms. The van der Waals surface area contributed by atoms with Crippen molar-refractivity contribution in [1.29, 1.82) is 0 Å². The highest BCUT2D eigenvalue weighted by Crippen LogP contribution is 2.18. The van der Waals surface area contributed by atoms with Gasteiger partial charge < -0.3 is 13.3 Å². The molecule has 3 nitrogen and oxygen atoms in total. The minimum absolute atomic E-state index is 0. The summed E-state index contributed by atoms with van der Waals surface area (Å²) in [6.45, 7) is 2.27. The highest BCUT2D eigenvalue weighted by molar-refractivity contribution is 6.60. The van der Waals surface area contributed by atoms with Crippen molar-refractivity contribution in [3.05, 3.63) is 0 Å². The van der Waals surface area contributed by atoms with E-state index in [1.807, 2.05) is 0 Å². The van der Waals surface area contributed by atoms with Crippen LogP contribution in [0.25, 0.3) is 0 Å². The molecule has 4 radical (unpaired) electrons. The van der Waals surface area contributed by atoms with Gasteiger partial charge in [0.2, 0.25) is 0 Å². The molecule has 0 amide bonds. The van der Waals surface area contributed by atoms with Crippen molar-refractivity contribution in [3.8, 4) is 0 Å². The molecule has 5 heteroatoms. The predicted octanol–water partition coefficient (Wildman–Crippen LogP) is 4.40. The first-order valence-electron chi connectivity index (χ1n) is 7.90. The zero-order valence-electron chi connectivity index (χ0n) is 14.0. The van der Waals surface area contributed by atoms with Crippen LogP contribution < -0.4 is 0 Å². The van der Waals surface area contributed by atoms with E-state index in [2.05, 4.69) is 6.92 Å². The lowest BCUT2D eigenvalue weighted by molar-refractivity contribution is 0.122. The van der Waals surface area contributed by atoms with Crippen LogP contribution in [0, 0.1) is 0 Å². The molecular weight excluding hydrogens is 284 g/mol. The molecule has 0 aliphatic heterocycles. The molecule has 0 aliphatic carbocycles. The van der Waals surface area contributed by atoms with Crippen molar-refractivity contribution in [3.63, 3.8) is 0 Å². The van der Waals surface area contributed by atoms with E-state index in [1.165, 1.54) is 57.8 Å². The molecule has 0 fully saturated rings. The molecule has 0 saturated carbocycles. The second kappa shape index (κ2) is 15.7. The fourth-order valence-electron chi connectivity index (χ4n) is 2.39. The van der Waals surface area contributed by atoms with Crippen molar-refractivity contribution in [2.24, 2.45) is 0 Å². The lowest BCUT2D eigenvalue weighted by Crippen LogP contribution is -2.42. The summed E-state index contributed by atoms with van der Waals surface area (Å²) >= 11 is 0. The van der Waals surface area contributed by atoms with Gasteiger partial charge in [0.05, 0.1) is 0 Å². The predicted molar refractivity (Wildman–Crippen MR) is 89.2 cm³/mol. The summed E-state index contributed by atoms with van der Waals surface area (Å²) in [5, 5.41) is 0. The highest BCUT2D eigenvalue weighted by atomic mass is 28.4. The molecule has 0 heterocycles. The van der Waals surface area contributed by atoms with E-state index in [-0.39, 0.29) is 11.0 Å². The number of hydrogen-bond donors (Lipinski definition) is 0. The zero-order chi connectivity index (χ0) is 14.4. The van der Waals surface area contributed by atoms with E-state index in [0.29, 0.717) is 0 Å². The van der Waals surface area contributed by atoms with E-state index in [1.54, 1.807) is 21.3 Å². The van der Waals surface area contributed by atoms with Crippen LogP contribution in [-0.4, -0.2) is 41.1 Å². The third-order valence-electron chi connectivity index (χ3n) is 3.77. The Hall–Kier alpha value is 0.314. The maximum atomic E-state index is 5.41. The average Bonchev–Trinajstić information content (AvgIpc) is 2.46. The van der Waals surface area contributed by atoms with E-state index >= 15 is 0 Å². The van der Waals surface area contributed by atoms with Crippen LogP contribution in [0.1, 0.15) is 71.1 Å². The smallest absolute Gasteiger partial charge is 0.377 e. The maximum Gasteiger partial charge on any atom is 0.500 e. The lowest BCUT2D eigenvalue weighted by Gasteiger charge is -2.24. The topological polar surface area (TPSA) is 27.7 Å². The Morgan fingerprint density at radius 2 is 0.950 bits per heavy atom. The van der Waals surface area contributed by atoms with Gasteiger partial charge in [-0.3, -0.25) is 0 Å². The summed E-state index contributed by atoms with van der Waals surface area (Å²) in [6.07, 6.45) is 13.5. The van der Waals surface area contributed by atoms with Gasteiger partial charge in [0.15, 0.2) is 0 Å². The lowest BCUT2D eigenvalue weighted by atomic mass is 10.1. The first kappa shape index (κ1) is 22.6. The van der Waals surface area contributed by atoms with Crippen molar-refractivity contribution < 1.29 is 13.3 Å². The van der Waals surface area contributed by atoms with Crippen LogP contribution in [-0.2, 0) is 13.3 Å².